The molecule has 0 aliphatic heterocycles. The predicted octanol–water partition coefficient (Wildman–Crippen LogP) is 6.64. The molecule has 0 atom stereocenters. The highest BCUT2D eigenvalue weighted by Gasteiger charge is 2.15. The molecular weight excluding hydrogens is 611 g/mol. The van der Waals surface area contributed by atoms with E-state index in [9.17, 15) is 4.79 Å². The first-order chi connectivity index (χ1) is 22.8. The lowest BCUT2D eigenvalue weighted by molar-refractivity contribution is 0.269. The summed E-state index contributed by atoms with van der Waals surface area (Å²) >= 11 is 1.29. The number of para-hydroxylation sites is 1. The van der Waals surface area contributed by atoms with Crippen LogP contribution in [0.25, 0.3) is 40.1 Å². The van der Waals surface area contributed by atoms with Gasteiger partial charge in [0, 0.05) is 17.3 Å². The van der Waals surface area contributed by atoms with Gasteiger partial charge in [0.25, 0.3) is 5.56 Å². The largest absolute Gasteiger partial charge is 0.493 e. The highest BCUT2D eigenvalue weighted by molar-refractivity contribution is 7.15. The summed E-state index contributed by atoms with van der Waals surface area (Å²) in [6, 6.07) is 21.6. The van der Waals surface area contributed by atoms with E-state index < -0.39 is 0 Å². The van der Waals surface area contributed by atoms with Crippen molar-refractivity contribution in [2.75, 3.05) is 20.3 Å². The third kappa shape index (κ3) is 7.02. The monoisotopic (exact) mass is 645 g/mol. The lowest BCUT2D eigenvalue weighted by atomic mass is 10.0. The van der Waals surface area contributed by atoms with E-state index in [4.69, 9.17) is 19.3 Å². The fourth-order valence-corrected chi connectivity index (χ4v) is 5.84. The quantitative estimate of drug-likeness (QED) is 0.138. The van der Waals surface area contributed by atoms with Gasteiger partial charge in [-0.05, 0) is 78.6 Å². The molecule has 0 aliphatic carbocycles. The van der Waals surface area contributed by atoms with Gasteiger partial charge >= 0.3 is 0 Å². The second kappa shape index (κ2) is 13.9. The lowest BCUT2D eigenvalue weighted by Crippen LogP contribution is -2.23. The topological polar surface area (TPSA) is 92.8 Å². The minimum absolute atomic E-state index is 0.241. The van der Waals surface area contributed by atoms with Crippen LogP contribution in [-0.4, -0.2) is 44.7 Å². The first kappa shape index (κ1) is 31.5. The van der Waals surface area contributed by atoms with Crippen molar-refractivity contribution in [3.63, 3.8) is 0 Å². The van der Waals surface area contributed by atoms with Crippen LogP contribution in [0.5, 0.6) is 17.2 Å². The number of rotatable bonds is 12. The normalized spacial score (nSPS) is 12.0. The van der Waals surface area contributed by atoms with Crippen molar-refractivity contribution >= 4 is 34.5 Å². The highest BCUT2D eigenvalue weighted by Crippen LogP contribution is 2.30. The SMILES string of the molecule is C=CCOc1ccc(/C=C/c2nc3s/c(=C\c4cn(-c5ccccc5)nc4-c4ccc(OCC(C)C)c(C)c4)c(=O)n3n2)cc1OC. The lowest BCUT2D eigenvalue weighted by Gasteiger charge is -2.12. The fourth-order valence-electron chi connectivity index (χ4n) is 4.93. The maximum Gasteiger partial charge on any atom is 0.291 e. The number of hydrogen-bond acceptors (Lipinski definition) is 8. The first-order valence-electron chi connectivity index (χ1n) is 15.2. The Balaban J connectivity index is 1.33. The van der Waals surface area contributed by atoms with Gasteiger partial charge in [0.05, 0.1) is 23.9 Å². The van der Waals surface area contributed by atoms with Gasteiger partial charge < -0.3 is 14.2 Å². The van der Waals surface area contributed by atoms with Crippen LogP contribution in [0.2, 0.25) is 0 Å². The summed E-state index contributed by atoms with van der Waals surface area (Å²) in [5.74, 6) is 2.94. The van der Waals surface area contributed by atoms with Gasteiger partial charge in [-0.3, -0.25) is 4.79 Å². The Kier molecular flexibility index (Phi) is 9.30. The Morgan fingerprint density at radius 2 is 1.77 bits per heavy atom. The summed E-state index contributed by atoms with van der Waals surface area (Å²) in [4.78, 5) is 18.6. The van der Waals surface area contributed by atoms with Crippen molar-refractivity contribution in [2.24, 2.45) is 5.92 Å². The van der Waals surface area contributed by atoms with E-state index in [1.165, 1.54) is 15.9 Å². The Hall–Kier alpha value is -5.48. The Bertz CT molecular complexity index is 2180. The number of nitrogens with zero attached hydrogens (tertiary/aromatic N) is 5. The zero-order chi connectivity index (χ0) is 32.9. The molecular formula is C37H35N5O4S. The molecule has 6 aromatic rings. The van der Waals surface area contributed by atoms with Gasteiger partial charge in [0.1, 0.15) is 18.1 Å². The average molecular weight is 646 g/mol. The third-order valence-corrected chi connectivity index (χ3v) is 8.20. The molecule has 0 bridgehead atoms. The molecule has 3 aromatic carbocycles. The van der Waals surface area contributed by atoms with Crippen LogP contribution in [0.4, 0.5) is 0 Å². The van der Waals surface area contributed by atoms with Gasteiger partial charge in [-0.2, -0.15) is 14.6 Å². The van der Waals surface area contributed by atoms with E-state index in [2.05, 4.69) is 36.6 Å². The Morgan fingerprint density at radius 1 is 0.957 bits per heavy atom. The number of fused-ring (bicyclic) bond motifs is 1. The number of thiazole rings is 1. The molecule has 0 saturated heterocycles. The fraction of sp³-hybridized carbons (Fsp3) is 0.189. The van der Waals surface area contributed by atoms with Gasteiger partial charge in [-0.15, -0.1) is 5.10 Å². The molecule has 3 aromatic heterocycles. The second-order valence-electron chi connectivity index (χ2n) is 11.3. The molecule has 0 amide bonds. The minimum Gasteiger partial charge on any atom is -0.493 e. The molecule has 0 N–H and O–H groups in total. The van der Waals surface area contributed by atoms with Crippen molar-refractivity contribution in [1.82, 2.24) is 24.4 Å². The van der Waals surface area contributed by atoms with E-state index in [0.717, 1.165) is 39.4 Å². The van der Waals surface area contributed by atoms with Gasteiger partial charge in [0.2, 0.25) is 4.96 Å². The molecule has 0 spiro atoms. The van der Waals surface area contributed by atoms with Crippen molar-refractivity contribution < 1.29 is 14.2 Å². The number of ether oxygens (including phenoxy) is 3. The molecule has 3 heterocycles. The van der Waals surface area contributed by atoms with Crippen molar-refractivity contribution in [1.29, 1.82) is 0 Å². The number of hydrogen-bond donors (Lipinski definition) is 0. The van der Waals surface area contributed by atoms with E-state index in [-0.39, 0.29) is 5.56 Å². The van der Waals surface area contributed by atoms with Gasteiger partial charge in [0.15, 0.2) is 17.3 Å². The molecule has 0 radical (unpaired) electrons. The molecule has 0 unspecified atom stereocenters. The molecule has 47 heavy (non-hydrogen) atoms. The molecule has 9 nitrogen and oxygen atoms in total. The van der Waals surface area contributed by atoms with Gasteiger partial charge in [-0.25, -0.2) is 4.68 Å². The summed E-state index contributed by atoms with van der Waals surface area (Å²) in [6.45, 7) is 11.0. The van der Waals surface area contributed by atoms with E-state index in [1.54, 1.807) is 19.3 Å². The van der Waals surface area contributed by atoms with Crippen LogP contribution in [0, 0.1) is 12.8 Å². The number of aromatic nitrogens is 5. The number of methoxy groups -OCH3 is 1. The first-order valence-corrected chi connectivity index (χ1v) is 16.0. The molecule has 0 fully saturated rings. The summed E-state index contributed by atoms with van der Waals surface area (Å²) < 4.78 is 20.8. The average Bonchev–Trinajstić information content (AvgIpc) is 3.77. The van der Waals surface area contributed by atoms with E-state index in [1.807, 2.05) is 90.6 Å². The van der Waals surface area contributed by atoms with Gasteiger partial charge in [-0.1, -0.05) is 68.2 Å². The zero-order valence-electron chi connectivity index (χ0n) is 26.7. The second-order valence-corrected chi connectivity index (χ2v) is 12.3. The highest BCUT2D eigenvalue weighted by atomic mass is 32.1. The summed E-state index contributed by atoms with van der Waals surface area (Å²) in [6.07, 6.45) is 9.11. The minimum atomic E-state index is -0.241. The molecule has 10 heteroatoms. The maximum absolute atomic E-state index is 13.5. The van der Waals surface area contributed by atoms with Crippen LogP contribution in [0.1, 0.15) is 36.4 Å². The Morgan fingerprint density at radius 3 is 2.49 bits per heavy atom. The van der Waals surface area contributed by atoms with Crippen molar-refractivity contribution in [3.8, 4) is 34.2 Å². The van der Waals surface area contributed by atoms with Crippen molar-refractivity contribution in [3.05, 3.63) is 123 Å². The van der Waals surface area contributed by atoms with Crippen LogP contribution < -0.4 is 24.3 Å². The molecule has 6 rings (SSSR count). The predicted molar refractivity (Wildman–Crippen MR) is 188 cm³/mol. The summed E-state index contributed by atoms with van der Waals surface area (Å²) in [7, 11) is 1.59. The van der Waals surface area contributed by atoms with E-state index >= 15 is 0 Å². The molecule has 0 saturated carbocycles. The van der Waals surface area contributed by atoms with Crippen molar-refractivity contribution in [2.45, 2.75) is 20.8 Å². The van der Waals surface area contributed by atoms with Crippen LogP contribution in [-0.2, 0) is 0 Å². The summed E-state index contributed by atoms with van der Waals surface area (Å²) in [5.41, 5.74) is 5.06. The third-order valence-electron chi connectivity index (χ3n) is 7.24. The molecule has 0 aliphatic rings. The summed E-state index contributed by atoms with van der Waals surface area (Å²) in [5, 5.41) is 9.41. The zero-order valence-corrected chi connectivity index (χ0v) is 27.5. The van der Waals surface area contributed by atoms with Crippen LogP contribution >= 0.6 is 11.3 Å². The van der Waals surface area contributed by atoms with Crippen LogP contribution in [0.15, 0.2) is 90.4 Å². The van der Waals surface area contributed by atoms with Crippen LogP contribution in [0.3, 0.4) is 0 Å². The maximum atomic E-state index is 13.5. The number of aryl methyl sites for hydroxylation is 1. The standard InChI is InChI=1S/C37H35N5O4S/c1-6-18-45-31-15-12-26(20-32(31)44-5)13-17-34-38-37-42(39-34)36(43)33(47-37)21-28-22-41(29-10-8-7-9-11-29)40-35(28)27-14-16-30(25(4)19-27)46-23-24(2)3/h6-17,19-22,24H,1,18,23H2,2-5H3/b17-13+,33-21-. The molecule has 238 valence electrons. The number of benzene rings is 3. The van der Waals surface area contributed by atoms with E-state index in [0.29, 0.717) is 45.9 Å². The smallest absolute Gasteiger partial charge is 0.291 e. The Labute approximate surface area is 276 Å².